The van der Waals surface area contributed by atoms with Gasteiger partial charge in [-0.1, -0.05) is 0 Å². The van der Waals surface area contributed by atoms with Gasteiger partial charge < -0.3 is 15.7 Å². The van der Waals surface area contributed by atoms with Crippen LogP contribution in [-0.4, -0.2) is 40.0 Å². The summed E-state index contributed by atoms with van der Waals surface area (Å²) in [5.74, 6) is -1.85. The number of carboxylic acids is 1. The van der Waals surface area contributed by atoms with E-state index in [4.69, 9.17) is 5.11 Å². The number of hydrogen-bond acceptors (Lipinski definition) is 5. The first-order valence-corrected chi connectivity index (χ1v) is 7.44. The lowest BCUT2D eigenvalue weighted by molar-refractivity contribution is -0.141. The maximum Gasteiger partial charge on any atom is 0.433 e. The van der Waals surface area contributed by atoms with E-state index < -0.39 is 23.7 Å². The molecule has 7 nitrogen and oxygen atoms in total. The van der Waals surface area contributed by atoms with Crippen molar-refractivity contribution in [2.75, 3.05) is 18.4 Å². The topological polar surface area (TPSA) is 104 Å². The van der Waals surface area contributed by atoms with E-state index in [2.05, 4.69) is 20.6 Å². The first kappa shape index (κ1) is 19.2. The van der Waals surface area contributed by atoms with Crippen molar-refractivity contribution in [1.82, 2.24) is 15.3 Å². The minimum absolute atomic E-state index is 0.00867. The van der Waals surface area contributed by atoms with Crippen LogP contribution in [0, 0.1) is 6.92 Å². The first-order chi connectivity index (χ1) is 12.2. The van der Waals surface area contributed by atoms with Crippen LogP contribution in [0.5, 0.6) is 0 Å². The van der Waals surface area contributed by atoms with Crippen LogP contribution >= 0.6 is 0 Å². The molecule has 0 aliphatic carbocycles. The number of aromatic nitrogens is 2. The van der Waals surface area contributed by atoms with E-state index in [1.807, 2.05) is 0 Å². The number of carbonyl (C=O) groups is 2. The highest BCUT2D eigenvalue weighted by Crippen LogP contribution is 2.27. The molecule has 10 heteroatoms. The SMILES string of the molecule is Cc1cc(C(=O)O)cc(C(=O)NCCNc2nccc(C(F)(F)F)n2)c1. The highest BCUT2D eigenvalue weighted by molar-refractivity contribution is 5.97. The van der Waals surface area contributed by atoms with Gasteiger partial charge in [0.15, 0.2) is 0 Å². The molecule has 2 rings (SSSR count). The normalized spacial score (nSPS) is 11.1. The number of nitrogens with one attached hydrogen (secondary N) is 2. The van der Waals surface area contributed by atoms with E-state index in [9.17, 15) is 22.8 Å². The summed E-state index contributed by atoms with van der Waals surface area (Å²) in [6, 6.07) is 4.97. The molecule has 1 aromatic heterocycles. The zero-order valence-electron chi connectivity index (χ0n) is 13.6. The predicted molar refractivity (Wildman–Crippen MR) is 86.0 cm³/mol. The van der Waals surface area contributed by atoms with Crippen molar-refractivity contribution >= 4 is 17.8 Å². The van der Waals surface area contributed by atoms with Gasteiger partial charge in [0.2, 0.25) is 5.95 Å². The molecule has 0 bridgehead atoms. The molecule has 2 aromatic rings. The molecule has 138 valence electrons. The maximum absolute atomic E-state index is 12.6. The summed E-state index contributed by atoms with van der Waals surface area (Å²) >= 11 is 0. The van der Waals surface area contributed by atoms with Crippen LogP contribution in [0.15, 0.2) is 30.5 Å². The van der Waals surface area contributed by atoms with Crippen molar-refractivity contribution in [3.05, 3.63) is 52.8 Å². The summed E-state index contributed by atoms with van der Waals surface area (Å²) in [7, 11) is 0. The van der Waals surface area contributed by atoms with Gasteiger partial charge in [-0.2, -0.15) is 13.2 Å². The molecule has 0 saturated heterocycles. The van der Waals surface area contributed by atoms with E-state index >= 15 is 0 Å². The van der Waals surface area contributed by atoms with Crippen LogP contribution in [0.4, 0.5) is 19.1 Å². The van der Waals surface area contributed by atoms with Gasteiger partial charge in [0.25, 0.3) is 5.91 Å². The molecular formula is C16H15F3N4O3. The number of amides is 1. The fourth-order valence-electron chi connectivity index (χ4n) is 2.09. The fourth-order valence-corrected chi connectivity index (χ4v) is 2.09. The zero-order chi connectivity index (χ0) is 19.3. The predicted octanol–water partition coefficient (Wildman–Crippen LogP) is 2.34. The highest BCUT2D eigenvalue weighted by atomic mass is 19.4. The molecule has 1 aromatic carbocycles. The summed E-state index contributed by atoms with van der Waals surface area (Å²) in [5.41, 5.74) is -0.283. The number of hydrogen-bond donors (Lipinski definition) is 3. The average molecular weight is 368 g/mol. The van der Waals surface area contributed by atoms with Crippen molar-refractivity contribution in [2.45, 2.75) is 13.1 Å². The Balaban J connectivity index is 1.90. The largest absolute Gasteiger partial charge is 0.478 e. The summed E-state index contributed by atoms with van der Waals surface area (Å²) in [6.45, 7) is 1.83. The molecule has 0 aliphatic rings. The highest BCUT2D eigenvalue weighted by Gasteiger charge is 2.32. The number of aryl methyl sites for hydroxylation is 1. The second-order valence-corrected chi connectivity index (χ2v) is 5.34. The van der Waals surface area contributed by atoms with Crippen LogP contribution in [0.2, 0.25) is 0 Å². The molecule has 0 saturated carbocycles. The molecule has 1 heterocycles. The summed E-state index contributed by atoms with van der Waals surface area (Å²) < 4.78 is 37.7. The maximum atomic E-state index is 12.6. The number of carbonyl (C=O) groups excluding carboxylic acids is 1. The van der Waals surface area contributed by atoms with Crippen molar-refractivity contribution in [3.8, 4) is 0 Å². The number of nitrogens with zero attached hydrogens (tertiary/aromatic N) is 2. The van der Waals surface area contributed by atoms with E-state index in [1.165, 1.54) is 18.2 Å². The molecule has 0 unspecified atom stereocenters. The van der Waals surface area contributed by atoms with Crippen LogP contribution in [0.25, 0.3) is 0 Å². The Hall–Kier alpha value is -3.17. The number of rotatable bonds is 6. The molecule has 0 spiro atoms. The zero-order valence-corrected chi connectivity index (χ0v) is 13.6. The lowest BCUT2D eigenvalue weighted by Gasteiger charge is -2.10. The summed E-state index contributed by atoms with van der Waals surface area (Å²) in [5, 5.41) is 14.1. The molecule has 1 amide bonds. The second kappa shape index (κ2) is 7.81. The Morgan fingerprint density at radius 1 is 1.15 bits per heavy atom. The lowest BCUT2D eigenvalue weighted by Crippen LogP contribution is -2.29. The van der Waals surface area contributed by atoms with E-state index in [0.717, 1.165) is 12.3 Å². The second-order valence-electron chi connectivity index (χ2n) is 5.34. The van der Waals surface area contributed by atoms with Gasteiger partial charge in [-0.3, -0.25) is 4.79 Å². The molecule has 0 atom stereocenters. The third-order valence-electron chi connectivity index (χ3n) is 3.23. The van der Waals surface area contributed by atoms with Gasteiger partial charge in [-0.25, -0.2) is 14.8 Å². The Kier molecular flexibility index (Phi) is 5.75. The fraction of sp³-hybridized carbons (Fsp3) is 0.250. The monoisotopic (exact) mass is 368 g/mol. The molecule has 3 N–H and O–H groups in total. The van der Waals surface area contributed by atoms with Crippen molar-refractivity contribution in [2.24, 2.45) is 0 Å². The van der Waals surface area contributed by atoms with Crippen LogP contribution in [0.1, 0.15) is 32.0 Å². The lowest BCUT2D eigenvalue weighted by atomic mass is 10.1. The number of carboxylic acid groups (broad SMARTS) is 1. The van der Waals surface area contributed by atoms with Crippen LogP contribution in [0.3, 0.4) is 0 Å². The molecule has 0 fully saturated rings. The Morgan fingerprint density at radius 2 is 1.85 bits per heavy atom. The van der Waals surface area contributed by atoms with Gasteiger partial charge in [0, 0.05) is 24.8 Å². The van der Waals surface area contributed by atoms with Crippen LogP contribution in [-0.2, 0) is 6.18 Å². The van der Waals surface area contributed by atoms with Gasteiger partial charge in [0.05, 0.1) is 5.56 Å². The van der Waals surface area contributed by atoms with Gasteiger partial charge in [0.1, 0.15) is 5.69 Å². The Morgan fingerprint density at radius 3 is 2.50 bits per heavy atom. The Bertz CT molecular complexity index is 825. The van der Waals surface area contributed by atoms with E-state index in [0.29, 0.717) is 5.56 Å². The number of alkyl halides is 3. The standard InChI is InChI=1S/C16H15F3N4O3/c1-9-6-10(8-11(7-9)14(25)26)13(24)20-4-5-22-15-21-3-2-12(23-15)16(17,18)19/h2-3,6-8H,4-5H2,1H3,(H,20,24)(H,25,26)(H,21,22,23). The van der Waals surface area contributed by atoms with Crippen molar-refractivity contribution in [1.29, 1.82) is 0 Å². The molecule has 0 aliphatic heterocycles. The number of aromatic carboxylic acids is 1. The molecule has 26 heavy (non-hydrogen) atoms. The van der Waals surface area contributed by atoms with E-state index in [-0.39, 0.29) is 30.2 Å². The quantitative estimate of drug-likeness (QED) is 0.676. The van der Waals surface area contributed by atoms with Gasteiger partial charge >= 0.3 is 12.1 Å². The average Bonchev–Trinajstić information content (AvgIpc) is 2.57. The van der Waals surface area contributed by atoms with Crippen LogP contribution < -0.4 is 10.6 Å². The van der Waals surface area contributed by atoms with Gasteiger partial charge in [-0.15, -0.1) is 0 Å². The summed E-state index contributed by atoms with van der Waals surface area (Å²) in [4.78, 5) is 30.1. The molecule has 0 radical (unpaired) electrons. The minimum Gasteiger partial charge on any atom is -0.478 e. The third kappa shape index (κ3) is 5.16. The van der Waals surface area contributed by atoms with Crippen molar-refractivity contribution in [3.63, 3.8) is 0 Å². The number of benzene rings is 1. The third-order valence-corrected chi connectivity index (χ3v) is 3.23. The van der Waals surface area contributed by atoms with Gasteiger partial charge in [-0.05, 0) is 36.8 Å². The smallest absolute Gasteiger partial charge is 0.433 e. The van der Waals surface area contributed by atoms with Crippen molar-refractivity contribution < 1.29 is 27.9 Å². The Labute approximate surface area is 146 Å². The summed E-state index contributed by atoms with van der Waals surface area (Å²) in [6.07, 6.45) is -3.59. The van der Waals surface area contributed by atoms with E-state index in [1.54, 1.807) is 6.92 Å². The molecular weight excluding hydrogens is 353 g/mol. The number of halogens is 3. The number of anilines is 1. The first-order valence-electron chi connectivity index (χ1n) is 7.44. The minimum atomic E-state index is -4.57.